The van der Waals surface area contributed by atoms with Gasteiger partial charge in [-0.25, -0.2) is 9.97 Å². The largest absolute Gasteiger partial charge is 0.416 e. The molecule has 0 aliphatic heterocycles. The molecule has 0 spiro atoms. The van der Waals surface area contributed by atoms with E-state index in [0.29, 0.717) is 32.7 Å². The predicted octanol–water partition coefficient (Wildman–Crippen LogP) is 6.57. The van der Waals surface area contributed by atoms with Crippen LogP contribution in [0.15, 0.2) is 40.3 Å². The number of thiazole rings is 2. The second-order valence-corrected chi connectivity index (χ2v) is 9.52. The highest BCUT2D eigenvalue weighted by Crippen LogP contribution is 2.36. The quantitative estimate of drug-likeness (QED) is 0.280. The van der Waals surface area contributed by atoms with Crippen LogP contribution in [0.25, 0.3) is 10.6 Å². The minimum atomic E-state index is -4.42. The summed E-state index contributed by atoms with van der Waals surface area (Å²) in [5, 5.41) is 12.5. The van der Waals surface area contributed by atoms with Crippen LogP contribution in [0.3, 0.4) is 0 Å². The molecule has 4 rings (SSSR count). The zero-order valence-electron chi connectivity index (χ0n) is 17.2. The third kappa shape index (κ3) is 5.25. The van der Waals surface area contributed by atoms with Crippen LogP contribution in [0, 0.1) is 6.92 Å². The second kappa shape index (κ2) is 9.23. The van der Waals surface area contributed by atoms with Crippen molar-refractivity contribution in [3.05, 3.63) is 57.3 Å². The van der Waals surface area contributed by atoms with Crippen molar-refractivity contribution in [3.63, 3.8) is 0 Å². The van der Waals surface area contributed by atoms with Crippen molar-refractivity contribution in [1.29, 1.82) is 0 Å². The lowest BCUT2D eigenvalue weighted by molar-refractivity contribution is -0.137. The van der Waals surface area contributed by atoms with E-state index in [1.54, 1.807) is 29.2 Å². The molecule has 1 aromatic carbocycles. The highest BCUT2D eigenvalue weighted by Gasteiger charge is 2.30. The summed E-state index contributed by atoms with van der Waals surface area (Å²) >= 11 is 5.85. The number of carbonyl (C=O) groups is 1. The summed E-state index contributed by atoms with van der Waals surface area (Å²) in [6, 6.07) is 4.93. The van der Waals surface area contributed by atoms with E-state index < -0.39 is 11.7 Å². The number of halogens is 4. The van der Waals surface area contributed by atoms with Crippen LogP contribution in [-0.2, 0) is 12.7 Å². The Morgan fingerprint density at radius 3 is 2.73 bits per heavy atom. The molecule has 33 heavy (non-hydrogen) atoms. The lowest BCUT2D eigenvalue weighted by atomic mass is 10.2. The Bertz CT molecular complexity index is 1310. The normalized spacial score (nSPS) is 11.6. The molecule has 172 valence electrons. The van der Waals surface area contributed by atoms with E-state index in [0.717, 1.165) is 17.0 Å². The van der Waals surface area contributed by atoms with Gasteiger partial charge in [0.1, 0.15) is 0 Å². The summed E-state index contributed by atoms with van der Waals surface area (Å²) in [7, 11) is 0. The molecule has 0 radical (unpaired) electrons. The van der Waals surface area contributed by atoms with E-state index in [9.17, 15) is 18.0 Å². The first kappa shape index (κ1) is 23.4. The fraction of sp³-hybridized carbons (Fsp3) is 0.200. The van der Waals surface area contributed by atoms with Crippen molar-refractivity contribution < 1.29 is 18.0 Å². The Morgan fingerprint density at radius 2 is 2.03 bits per heavy atom. The van der Waals surface area contributed by atoms with E-state index in [-0.39, 0.29) is 17.3 Å². The number of amides is 1. The standard InChI is InChI=1S/C20H16BrF3N6OS2/c1-3-30-8-13(21)15(29-30)17(31)28-19-25-10(2)16(33-19)14-9-32-18(27-14)26-12-6-4-5-11(7-12)20(22,23)24/h4-9H,3H2,1-2H3,(H,26,27)(H,25,28,31). The Hall–Kier alpha value is -2.77. The first-order valence-electron chi connectivity index (χ1n) is 9.56. The van der Waals surface area contributed by atoms with Gasteiger partial charge in [0.15, 0.2) is 16.0 Å². The van der Waals surface area contributed by atoms with Crippen LogP contribution in [0.5, 0.6) is 0 Å². The van der Waals surface area contributed by atoms with E-state index in [1.807, 2.05) is 6.92 Å². The molecule has 3 aromatic heterocycles. The SMILES string of the molecule is CCn1cc(Br)c(C(=O)Nc2nc(C)c(-c3csc(Nc4cccc(C(F)(F)F)c4)n3)s2)n1. The maximum absolute atomic E-state index is 12.9. The number of aromatic nitrogens is 4. The molecular formula is C20H16BrF3N6OS2. The Kier molecular flexibility index (Phi) is 6.54. The fourth-order valence-corrected chi connectivity index (χ4v) is 5.10. The van der Waals surface area contributed by atoms with Crippen LogP contribution < -0.4 is 10.6 Å². The highest BCUT2D eigenvalue weighted by molar-refractivity contribution is 9.10. The summed E-state index contributed by atoms with van der Waals surface area (Å²) in [5.74, 6) is -0.389. The number of nitrogens with zero attached hydrogens (tertiary/aromatic N) is 4. The van der Waals surface area contributed by atoms with Crippen LogP contribution >= 0.6 is 38.6 Å². The molecule has 2 N–H and O–H groups in total. The maximum atomic E-state index is 12.9. The summed E-state index contributed by atoms with van der Waals surface area (Å²) in [4.78, 5) is 22.2. The number of hydrogen-bond acceptors (Lipinski definition) is 7. The van der Waals surface area contributed by atoms with Gasteiger partial charge >= 0.3 is 6.18 Å². The van der Waals surface area contributed by atoms with Crippen molar-refractivity contribution in [1.82, 2.24) is 19.7 Å². The summed E-state index contributed by atoms with van der Waals surface area (Å²) in [6.45, 7) is 4.34. The first-order valence-corrected chi connectivity index (χ1v) is 12.0. The van der Waals surface area contributed by atoms with Crippen molar-refractivity contribution in [2.45, 2.75) is 26.6 Å². The maximum Gasteiger partial charge on any atom is 0.416 e. The summed E-state index contributed by atoms with van der Waals surface area (Å²) in [6.07, 6.45) is -2.70. The van der Waals surface area contributed by atoms with Gasteiger partial charge in [-0.05, 0) is 48.0 Å². The van der Waals surface area contributed by atoms with E-state index in [1.165, 1.54) is 28.7 Å². The van der Waals surface area contributed by atoms with Crippen LogP contribution in [0.4, 0.5) is 29.1 Å². The summed E-state index contributed by atoms with van der Waals surface area (Å²) in [5.41, 5.74) is 1.09. The van der Waals surface area contributed by atoms with Gasteiger partial charge in [0, 0.05) is 23.8 Å². The Balaban J connectivity index is 1.50. The monoisotopic (exact) mass is 556 g/mol. The molecule has 0 aliphatic rings. The van der Waals surface area contributed by atoms with Crippen LogP contribution in [-0.4, -0.2) is 25.7 Å². The molecule has 0 bridgehead atoms. The smallest absolute Gasteiger partial charge is 0.332 e. The molecule has 0 saturated carbocycles. The number of alkyl halides is 3. The van der Waals surface area contributed by atoms with Gasteiger partial charge in [-0.2, -0.15) is 18.3 Å². The first-order chi connectivity index (χ1) is 15.6. The van der Waals surface area contributed by atoms with E-state index >= 15 is 0 Å². The molecule has 0 atom stereocenters. The number of aryl methyl sites for hydroxylation is 2. The fourth-order valence-electron chi connectivity index (χ4n) is 2.89. The lowest BCUT2D eigenvalue weighted by Gasteiger charge is -2.08. The zero-order chi connectivity index (χ0) is 23.8. The second-order valence-electron chi connectivity index (χ2n) is 6.81. The average molecular weight is 557 g/mol. The van der Waals surface area contributed by atoms with Gasteiger partial charge in [-0.1, -0.05) is 17.4 Å². The molecule has 4 aromatic rings. The molecule has 7 nitrogen and oxygen atoms in total. The molecular weight excluding hydrogens is 541 g/mol. The van der Waals surface area contributed by atoms with Gasteiger partial charge in [-0.3, -0.25) is 14.8 Å². The minimum absolute atomic E-state index is 0.257. The molecule has 0 fully saturated rings. The minimum Gasteiger partial charge on any atom is -0.332 e. The summed E-state index contributed by atoms with van der Waals surface area (Å²) < 4.78 is 41.0. The Labute approximate surface area is 202 Å². The number of rotatable bonds is 6. The topological polar surface area (TPSA) is 84.7 Å². The van der Waals surface area contributed by atoms with E-state index in [2.05, 4.69) is 41.6 Å². The van der Waals surface area contributed by atoms with Crippen molar-refractivity contribution >= 4 is 60.5 Å². The van der Waals surface area contributed by atoms with Gasteiger partial charge in [-0.15, -0.1) is 11.3 Å². The molecule has 0 aliphatic carbocycles. The predicted molar refractivity (Wildman–Crippen MR) is 126 cm³/mol. The van der Waals surface area contributed by atoms with Gasteiger partial charge in [0.05, 0.1) is 26.3 Å². The molecule has 1 amide bonds. The number of anilines is 3. The number of hydrogen-bond donors (Lipinski definition) is 2. The van der Waals surface area contributed by atoms with Gasteiger partial charge in [0.25, 0.3) is 5.91 Å². The third-order valence-electron chi connectivity index (χ3n) is 4.45. The molecule has 3 heterocycles. The lowest BCUT2D eigenvalue weighted by Crippen LogP contribution is -2.13. The highest BCUT2D eigenvalue weighted by atomic mass is 79.9. The molecule has 13 heteroatoms. The van der Waals surface area contributed by atoms with Crippen molar-refractivity contribution in [2.24, 2.45) is 0 Å². The Morgan fingerprint density at radius 1 is 1.24 bits per heavy atom. The number of benzene rings is 1. The van der Waals surface area contributed by atoms with Gasteiger partial charge < -0.3 is 5.32 Å². The number of carbonyl (C=O) groups excluding carboxylic acids is 1. The third-order valence-corrected chi connectivity index (χ3v) is 6.88. The molecule has 0 saturated heterocycles. The van der Waals surface area contributed by atoms with Crippen LogP contribution in [0.2, 0.25) is 0 Å². The molecule has 0 unspecified atom stereocenters. The van der Waals surface area contributed by atoms with Crippen molar-refractivity contribution in [2.75, 3.05) is 10.6 Å². The van der Waals surface area contributed by atoms with Gasteiger partial charge in [0.2, 0.25) is 0 Å². The average Bonchev–Trinajstić information content (AvgIpc) is 3.46. The van der Waals surface area contributed by atoms with Crippen LogP contribution in [0.1, 0.15) is 28.7 Å². The zero-order valence-corrected chi connectivity index (χ0v) is 20.4. The van der Waals surface area contributed by atoms with E-state index in [4.69, 9.17) is 0 Å². The van der Waals surface area contributed by atoms with Crippen molar-refractivity contribution in [3.8, 4) is 10.6 Å². The number of nitrogens with one attached hydrogen (secondary N) is 2.